The summed E-state index contributed by atoms with van der Waals surface area (Å²) in [4.78, 5) is 12.2. The van der Waals surface area contributed by atoms with E-state index in [-0.39, 0.29) is 18.3 Å². The number of hydrogen-bond acceptors (Lipinski definition) is 3. The Kier molecular flexibility index (Phi) is 7.92. The van der Waals surface area contributed by atoms with Crippen molar-refractivity contribution in [3.05, 3.63) is 12.2 Å². The van der Waals surface area contributed by atoms with E-state index in [0.717, 1.165) is 48.3 Å². The molecule has 0 aromatic heterocycles. The Morgan fingerprint density at radius 3 is 2.38 bits per heavy atom. The fourth-order valence-electron chi connectivity index (χ4n) is 9.65. The quantitative estimate of drug-likeness (QED) is 0.293. The molecule has 0 spiro atoms. The molecule has 3 nitrogen and oxygen atoms in total. The smallest absolute Gasteiger partial charge is 0.336 e. The van der Waals surface area contributed by atoms with Gasteiger partial charge in [0, 0.05) is 0 Å². The number of rotatable bonds is 8. The van der Waals surface area contributed by atoms with Crippen LogP contribution in [-0.2, 0) is 9.53 Å². The highest BCUT2D eigenvalue weighted by molar-refractivity contribution is 5.88. The van der Waals surface area contributed by atoms with Crippen molar-refractivity contribution in [1.29, 1.82) is 0 Å². The second-order valence-corrected chi connectivity index (χ2v) is 13.8. The Morgan fingerprint density at radius 1 is 0.971 bits per heavy atom. The molecule has 1 N–H and O–H groups in total. The highest BCUT2D eigenvalue weighted by atomic mass is 16.5. The fraction of sp³-hybridized carbons (Fsp3) is 0.903. The molecule has 9 atom stereocenters. The van der Waals surface area contributed by atoms with Crippen LogP contribution in [-0.4, -0.2) is 23.8 Å². The first-order valence-electron chi connectivity index (χ1n) is 14.6. The van der Waals surface area contributed by atoms with Gasteiger partial charge in [0.2, 0.25) is 0 Å². The lowest BCUT2D eigenvalue weighted by Crippen LogP contribution is -2.54. The van der Waals surface area contributed by atoms with Crippen molar-refractivity contribution in [2.45, 2.75) is 118 Å². The minimum absolute atomic E-state index is 0.00170. The normalized spacial score (nSPS) is 42.4. The highest BCUT2D eigenvalue weighted by Crippen LogP contribution is 2.68. The van der Waals surface area contributed by atoms with Crippen LogP contribution in [0.1, 0.15) is 112 Å². The third kappa shape index (κ3) is 4.76. The van der Waals surface area contributed by atoms with Gasteiger partial charge in [0.15, 0.2) is 0 Å². The van der Waals surface area contributed by atoms with E-state index >= 15 is 0 Å². The minimum atomic E-state index is -0.405. The Morgan fingerprint density at radius 2 is 1.68 bits per heavy atom. The molecule has 194 valence electrons. The molecule has 0 radical (unpaired) electrons. The van der Waals surface area contributed by atoms with Crippen LogP contribution in [0.4, 0.5) is 0 Å². The molecule has 0 amide bonds. The standard InChI is InChI=1S/C31H52O3/c1-20(2)8-7-9-21(3)26-12-13-27-25-11-10-23-18-24(34-29(33)22(4)19-32)14-16-30(23,5)28(25)15-17-31(26,27)6/h20-21,23-28,32H,4,7-19H2,1-3,5-6H3/t21-,23?,24+,25+,26-,27?,28?,30+,31-/m1/s1. The van der Waals surface area contributed by atoms with E-state index in [4.69, 9.17) is 4.74 Å². The number of carbonyl (C=O) groups is 1. The lowest BCUT2D eigenvalue weighted by atomic mass is 9.44. The maximum Gasteiger partial charge on any atom is 0.336 e. The topological polar surface area (TPSA) is 46.5 Å². The van der Waals surface area contributed by atoms with Crippen molar-refractivity contribution in [2.24, 2.45) is 52.3 Å². The molecular weight excluding hydrogens is 420 g/mol. The van der Waals surface area contributed by atoms with Crippen LogP contribution in [0.25, 0.3) is 0 Å². The van der Waals surface area contributed by atoms with Crippen LogP contribution >= 0.6 is 0 Å². The largest absolute Gasteiger partial charge is 0.459 e. The number of carbonyl (C=O) groups excluding carboxylic acids is 1. The summed E-state index contributed by atoms with van der Waals surface area (Å²) in [6, 6.07) is 0. The summed E-state index contributed by atoms with van der Waals surface area (Å²) in [5.41, 5.74) is 1.14. The van der Waals surface area contributed by atoms with Crippen molar-refractivity contribution < 1.29 is 14.6 Å². The molecule has 0 heterocycles. The van der Waals surface area contributed by atoms with Crippen molar-refractivity contribution in [2.75, 3.05) is 6.61 Å². The number of aliphatic hydroxyl groups is 1. The molecule has 0 aromatic carbocycles. The average molecular weight is 473 g/mol. The van der Waals surface area contributed by atoms with Gasteiger partial charge in [0.25, 0.3) is 0 Å². The van der Waals surface area contributed by atoms with Gasteiger partial charge in [-0.25, -0.2) is 4.79 Å². The highest BCUT2D eigenvalue weighted by Gasteiger charge is 2.60. The maximum absolute atomic E-state index is 12.2. The predicted octanol–water partition coefficient (Wildman–Crippen LogP) is 7.57. The monoisotopic (exact) mass is 472 g/mol. The van der Waals surface area contributed by atoms with E-state index in [2.05, 4.69) is 41.2 Å². The Labute approximate surface area is 209 Å². The summed E-state index contributed by atoms with van der Waals surface area (Å²) >= 11 is 0. The summed E-state index contributed by atoms with van der Waals surface area (Å²) in [7, 11) is 0. The molecule has 3 unspecified atom stereocenters. The summed E-state index contributed by atoms with van der Waals surface area (Å²) in [6.07, 6.45) is 15.8. The first-order chi connectivity index (χ1) is 16.1. The van der Waals surface area contributed by atoms with E-state index in [1.807, 2.05) is 0 Å². The Bertz CT molecular complexity index is 743. The average Bonchev–Trinajstić information content (AvgIpc) is 3.15. The molecule has 34 heavy (non-hydrogen) atoms. The molecule has 0 bridgehead atoms. The minimum Gasteiger partial charge on any atom is -0.459 e. The van der Waals surface area contributed by atoms with Crippen LogP contribution in [0.3, 0.4) is 0 Å². The summed E-state index contributed by atoms with van der Waals surface area (Å²) in [6.45, 7) is 15.9. The van der Waals surface area contributed by atoms with Gasteiger partial charge in [-0.2, -0.15) is 0 Å². The van der Waals surface area contributed by atoms with Gasteiger partial charge in [-0.05, 0) is 110 Å². The Balaban J connectivity index is 1.40. The maximum atomic E-state index is 12.2. The van der Waals surface area contributed by atoms with Crippen molar-refractivity contribution in [1.82, 2.24) is 0 Å². The third-order valence-corrected chi connectivity index (χ3v) is 11.6. The van der Waals surface area contributed by atoms with Gasteiger partial charge in [0.1, 0.15) is 6.10 Å². The zero-order valence-electron chi connectivity index (χ0n) is 22.8. The zero-order chi connectivity index (χ0) is 24.7. The van der Waals surface area contributed by atoms with E-state index in [9.17, 15) is 9.90 Å². The van der Waals surface area contributed by atoms with E-state index < -0.39 is 5.97 Å². The van der Waals surface area contributed by atoms with Gasteiger partial charge >= 0.3 is 5.97 Å². The molecule has 0 aromatic rings. The molecule has 4 aliphatic carbocycles. The SMILES string of the molecule is C=C(CO)C(=O)O[C@H]1CC[C@@]2(C)C(CC[C@@H]3C2CC[C@@]2(C)C3CC[C@@H]2[C@H](C)CCCC(C)C)C1. The second-order valence-electron chi connectivity index (χ2n) is 13.8. The second kappa shape index (κ2) is 10.3. The summed E-state index contributed by atoms with van der Waals surface area (Å²) in [5.74, 6) is 5.56. The van der Waals surface area contributed by atoms with Gasteiger partial charge in [-0.3, -0.25) is 0 Å². The molecule has 4 rings (SSSR count). The zero-order valence-corrected chi connectivity index (χ0v) is 22.8. The van der Waals surface area contributed by atoms with Crippen molar-refractivity contribution >= 4 is 5.97 Å². The van der Waals surface area contributed by atoms with Crippen molar-refractivity contribution in [3.63, 3.8) is 0 Å². The summed E-state index contributed by atoms with van der Waals surface area (Å²) < 4.78 is 5.75. The molecular formula is C31H52O3. The van der Waals surface area contributed by atoms with E-state index in [0.29, 0.717) is 16.7 Å². The number of ether oxygens (including phenoxy) is 1. The lowest BCUT2D eigenvalue weighted by Gasteiger charge is -2.61. The first kappa shape index (κ1) is 26.2. The van der Waals surface area contributed by atoms with Gasteiger partial charge < -0.3 is 9.84 Å². The first-order valence-corrected chi connectivity index (χ1v) is 14.6. The van der Waals surface area contributed by atoms with Gasteiger partial charge in [0.05, 0.1) is 12.2 Å². The third-order valence-electron chi connectivity index (χ3n) is 11.6. The molecule has 4 fully saturated rings. The molecule has 4 aliphatic rings. The Hall–Kier alpha value is -0.830. The van der Waals surface area contributed by atoms with Gasteiger partial charge in [-0.15, -0.1) is 0 Å². The molecule has 4 saturated carbocycles. The van der Waals surface area contributed by atoms with E-state index in [1.165, 1.54) is 64.2 Å². The van der Waals surface area contributed by atoms with Crippen LogP contribution in [0.5, 0.6) is 0 Å². The lowest BCUT2D eigenvalue weighted by molar-refractivity contribution is -0.159. The van der Waals surface area contributed by atoms with E-state index in [1.54, 1.807) is 0 Å². The summed E-state index contributed by atoms with van der Waals surface area (Å²) in [5, 5.41) is 9.20. The number of esters is 1. The number of hydrogen-bond donors (Lipinski definition) is 1. The van der Waals surface area contributed by atoms with Crippen LogP contribution < -0.4 is 0 Å². The fourth-order valence-corrected chi connectivity index (χ4v) is 9.65. The van der Waals surface area contributed by atoms with Crippen LogP contribution in [0, 0.1) is 52.3 Å². The number of fused-ring (bicyclic) bond motifs is 5. The molecule has 0 aliphatic heterocycles. The van der Waals surface area contributed by atoms with Crippen LogP contribution in [0.15, 0.2) is 12.2 Å². The molecule has 0 saturated heterocycles. The predicted molar refractivity (Wildman–Crippen MR) is 139 cm³/mol. The van der Waals surface area contributed by atoms with Gasteiger partial charge in [-0.1, -0.05) is 60.5 Å². The van der Waals surface area contributed by atoms with Crippen LogP contribution in [0.2, 0.25) is 0 Å². The van der Waals surface area contributed by atoms with Crippen molar-refractivity contribution in [3.8, 4) is 0 Å². The molecule has 3 heteroatoms. The number of aliphatic hydroxyl groups excluding tert-OH is 1.